The van der Waals surface area contributed by atoms with Gasteiger partial charge in [-0.25, -0.2) is 15.0 Å². The van der Waals surface area contributed by atoms with Gasteiger partial charge in [-0.1, -0.05) is 11.6 Å². The molecule has 0 amide bonds. The zero-order chi connectivity index (χ0) is 11.1. The predicted molar refractivity (Wildman–Crippen MR) is 64.6 cm³/mol. The molecule has 0 spiro atoms. The zero-order valence-electron chi connectivity index (χ0n) is 8.38. The van der Waals surface area contributed by atoms with Crippen molar-refractivity contribution in [1.29, 1.82) is 0 Å². The van der Waals surface area contributed by atoms with Gasteiger partial charge in [0, 0.05) is 19.4 Å². The third-order valence-electron chi connectivity index (χ3n) is 2.19. The molecule has 0 saturated carbocycles. The van der Waals surface area contributed by atoms with Crippen LogP contribution in [0.1, 0.15) is 0 Å². The van der Waals surface area contributed by atoms with Crippen LogP contribution in [0.2, 0.25) is 5.15 Å². The molecule has 0 saturated heterocycles. The zero-order valence-corrected chi connectivity index (χ0v) is 9.96. The standard InChI is InChI=1S/C10H7ClN4S/c1-15-4-6(13-5-15)10-14-8-7(16-10)2-3-12-9(8)11/h2-5H,1H3. The summed E-state index contributed by atoms with van der Waals surface area (Å²) in [6.07, 6.45) is 5.37. The number of pyridine rings is 1. The molecule has 0 atom stereocenters. The number of hydrogen-bond acceptors (Lipinski definition) is 4. The monoisotopic (exact) mass is 250 g/mol. The molecule has 0 aliphatic rings. The van der Waals surface area contributed by atoms with Gasteiger partial charge in [0.2, 0.25) is 0 Å². The minimum atomic E-state index is 0.441. The van der Waals surface area contributed by atoms with Crippen molar-refractivity contribution >= 4 is 33.2 Å². The molecule has 0 unspecified atom stereocenters. The van der Waals surface area contributed by atoms with Crippen molar-refractivity contribution in [1.82, 2.24) is 19.5 Å². The second-order valence-electron chi connectivity index (χ2n) is 3.39. The van der Waals surface area contributed by atoms with Crippen LogP contribution in [-0.4, -0.2) is 19.5 Å². The number of imidazole rings is 1. The molecule has 16 heavy (non-hydrogen) atoms. The molecule has 6 heteroatoms. The maximum absolute atomic E-state index is 5.97. The maximum atomic E-state index is 5.97. The normalized spacial score (nSPS) is 11.1. The molecule has 0 aliphatic heterocycles. The number of nitrogens with zero attached hydrogens (tertiary/aromatic N) is 4. The van der Waals surface area contributed by atoms with Gasteiger partial charge < -0.3 is 4.57 Å². The van der Waals surface area contributed by atoms with E-state index in [0.29, 0.717) is 5.15 Å². The molecule has 0 N–H and O–H groups in total. The molecular formula is C10H7ClN4S. The SMILES string of the molecule is Cn1cnc(-c2nc3c(Cl)nccc3s2)c1. The van der Waals surface area contributed by atoms with Gasteiger partial charge in [-0.2, -0.15) is 0 Å². The van der Waals surface area contributed by atoms with Crippen LogP contribution >= 0.6 is 22.9 Å². The number of fused-ring (bicyclic) bond motifs is 1. The van der Waals surface area contributed by atoms with Crippen LogP contribution in [0.3, 0.4) is 0 Å². The Morgan fingerprint density at radius 1 is 1.38 bits per heavy atom. The lowest BCUT2D eigenvalue weighted by atomic mass is 10.4. The highest BCUT2D eigenvalue weighted by molar-refractivity contribution is 7.21. The van der Waals surface area contributed by atoms with E-state index in [1.54, 1.807) is 23.9 Å². The summed E-state index contributed by atoms with van der Waals surface area (Å²) in [4.78, 5) is 12.7. The molecule has 3 rings (SSSR count). The topological polar surface area (TPSA) is 43.6 Å². The first-order chi connectivity index (χ1) is 7.74. The molecule has 0 aliphatic carbocycles. The molecule has 4 nitrogen and oxygen atoms in total. The summed E-state index contributed by atoms with van der Waals surface area (Å²) >= 11 is 7.54. The maximum Gasteiger partial charge on any atom is 0.156 e. The van der Waals surface area contributed by atoms with Gasteiger partial charge in [0.05, 0.1) is 11.0 Å². The van der Waals surface area contributed by atoms with E-state index in [0.717, 1.165) is 20.9 Å². The van der Waals surface area contributed by atoms with Gasteiger partial charge in [-0.05, 0) is 6.07 Å². The van der Waals surface area contributed by atoms with Gasteiger partial charge in [-0.3, -0.25) is 0 Å². The Bertz CT molecular complexity index is 658. The number of rotatable bonds is 1. The first-order valence-electron chi connectivity index (χ1n) is 4.63. The van der Waals surface area contributed by atoms with Crippen molar-refractivity contribution in [2.75, 3.05) is 0 Å². The number of thiazole rings is 1. The lowest BCUT2D eigenvalue weighted by molar-refractivity contribution is 0.913. The fourth-order valence-corrected chi connectivity index (χ4v) is 2.64. The van der Waals surface area contributed by atoms with Gasteiger partial charge in [-0.15, -0.1) is 11.3 Å². The van der Waals surface area contributed by atoms with Crippen molar-refractivity contribution in [3.8, 4) is 10.7 Å². The van der Waals surface area contributed by atoms with Gasteiger partial charge in [0.15, 0.2) is 5.15 Å². The molecule has 3 aromatic heterocycles. The van der Waals surface area contributed by atoms with E-state index >= 15 is 0 Å². The Balaban J connectivity index is 2.22. The molecule has 0 aromatic carbocycles. The van der Waals surface area contributed by atoms with E-state index in [9.17, 15) is 0 Å². The molecule has 3 aromatic rings. The Morgan fingerprint density at radius 3 is 2.94 bits per heavy atom. The molecule has 3 heterocycles. The van der Waals surface area contributed by atoms with E-state index in [4.69, 9.17) is 11.6 Å². The lowest BCUT2D eigenvalue weighted by Gasteiger charge is -1.87. The van der Waals surface area contributed by atoms with Crippen LogP contribution in [0.4, 0.5) is 0 Å². The quantitative estimate of drug-likeness (QED) is 0.624. The molecule has 0 bridgehead atoms. The van der Waals surface area contributed by atoms with Crippen molar-refractivity contribution in [2.45, 2.75) is 0 Å². The third kappa shape index (κ3) is 1.48. The second-order valence-corrected chi connectivity index (χ2v) is 4.78. The molecule has 0 radical (unpaired) electrons. The number of aryl methyl sites for hydroxylation is 1. The summed E-state index contributed by atoms with van der Waals surface area (Å²) in [6.45, 7) is 0. The Kier molecular flexibility index (Phi) is 2.15. The molecular weight excluding hydrogens is 244 g/mol. The van der Waals surface area contributed by atoms with Crippen molar-refractivity contribution in [3.05, 3.63) is 29.9 Å². The van der Waals surface area contributed by atoms with Crippen LogP contribution in [-0.2, 0) is 7.05 Å². The summed E-state index contributed by atoms with van der Waals surface area (Å²) in [7, 11) is 1.93. The number of hydrogen-bond donors (Lipinski definition) is 0. The van der Waals surface area contributed by atoms with Crippen LogP contribution in [0.15, 0.2) is 24.8 Å². The highest BCUT2D eigenvalue weighted by Crippen LogP contribution is 2.31. The summed E-state index contributed by atoms with van der Waals surface area (Å²) < 4.78 is 2.92. The lowest BCUT2D eigenvalue weighted by Crippen LogP contribution is -1.78. The summed E-state index contributed by atoms with van der Waals surface area (Å²) in [5.74, 6) is 0. The van der Waals surface area contributed by atoms with Crippen LogP contribution in [0, 0.1) is 0 Å². The first-order valence-corrected chi connectivity index (χ1v) is 5.83. The van der Waals surface area contributed by atoms with Crippen LogP contribution in [0.25, 0.3) is 20.9 Å². The predicted octanol–water partition coefficient (Wildman–Crippen LogP) is 2.75. The fraction of sp³-hybridized carbons (Fsp3) is 0.100. The third-order valence-corrected chi connectivity index (χ3v) is 3.51. The summed E-state index contributed by atoms with van der Waals surface area (Å²) in [5.41, 5.74) is 1.61. The highest BCUT2D eigenvalue weighted by atomic mass is 35.5. The Hall–Kier alpha value is -1.46. The summed E-state index contributed by atoms with van der Waals surface area (Å²) in [5, 5.41) is 1.31. The van der Waals surface area contributed by atoms with E-state index in [1.807, 2.05) is 23.9 Å². The van der Waals surface area contributed by atoms with Gasteiger partial charge in [0.1, 0.15) is 16.2 Å². The van der Waals surface area contributed by atoms with E-state index < -0.39 is 0 Å². The van der Waals surface area contributed by atoms with Gasteiger partial charge in [0.25, 0.3) is 0 Å². The van der Waals surface area contributed by atoms with E-state index in [2.05, 4.69) is 15.0 Å². The molecule has 0 fully saturated rings. The first kappa shape index (κ1) is 9.74. The van der Waals surface area contributed by atoms with E-state index in [-0.39, 0.29) is 0 Å². The van der Waals surface area contributed by atoms with Crippen molar-refractivity contribution < 1.29 is 0 Å². The minimum Gasteiger partial charge on any atom is -0.340 e. The van der Waals surface area contributed by atoms with Crippen molar-refractivity contribution in [2.24, 2.45) is 7.05 Å². The second kappa shape index (κ2) is 3.54. The smallest absolute Gasteiger partial charge is 0.156 e. The van der Waals surface area contributed by atoms with Crippen LogP contribution < -0.4 is 0 Å². The molecule has 80 valence electrons. The number of halogens is 1. The average molecular weight is 251 g/mol. The van der Waals surface area contributed by atoms with E-state index in [1.165, 1.54) is 0 Å². The highest BCUT2D eigenvalue weighted by Gasteiger charge is 2.10. The van der Waals surface area contributed by atoms with Crippen LogP contribution in [0.5, 0.6) is 0 Å². The fourth-order valence-electron chi connectivity index (χ4n) is 1.46. The van der Waals surface area contributed by atoms with Crippen molar-refractivity contribution in [3.63, 3.8) is 0 Å². The summed E-state index contributed by atoms with van der Waals surface area (Å²) in [6, 6.07) is 1.91. The minimum absolute atomic E-state index is 0.441. The number of aromatic nitrogens is 4. The largest absolute Gasteiger partial charge is 0.340 e. The van der Waals surface area contributed by atoms with Gasteiger partial charge >= 0.3 is 0 Å². The average Bonchev–Trinajstić information content (AvgIpc) is 2.84. The Morgan fingerprint density at radius 2 is 2.25 bits per heavy atom. The Labute approximate surface area is 101 Å².